The summed E-state index contributed by atoms with van der Waals surface area (Å²) in [5.74, 6) is 0.269. The molecule has 1 atom stereocenters. The van der Waals surface area contributed by atoms with Gasteiger partial charge in [0.1, 0.15) is 17.2 Å². The molecule has 0 fully saturated rings. The van der Waals surface area contributed by atoms with Crippen LogP contribution < -0.4 is 0 Å². The predicted octanol–water partition coefficient (Wildman–Crippen LogP) is 4.13. The molecule has 4 nitrogen and oxygen atoms in total. The molecule has 0 heterocycles. The highest BCUT2D eigenvalue weighted by molar-refractivity contribution is 6.11. The fraction of sp³-hybridized carbons (Fsp3) is 0.263. The van der Waals surface area contributed by atoms with Crippen LogP contribution in [-0.2, 0) is 11.2 Å². The lowest BCUT2D eigenvalue weighted by molar-refractivity contribution is 0.0882. The monoisotopic (exact) mass is 310 g/mol. The molecule has 4 heteroatoms. The number of rotatable bonds is 1. The zero-order valence-corrected chi connectivity index (χ0v) is 12.8. The molecule has 1 aliphatic carbocycles. The summed E-state index contributed by atoms with van der Waals surface area (Å²) in [6.45, 7) is 0. The highest BCUT2D eigenvalue weighted by Crippen LogP contribution is 2.45. The zero-order chi connectivity index (χ0) is 16.1. The van der Waals surface area contributed by atoms with Crippen molar-refractivity contribution in [3.8, 4) is 17.2 Å². The third kappa shape index (κ3) is 2.02. The van der Waals surface area contributed by atoms with Gasteiger partial charge in [0.05, 0.1) is 6.10 Å². The maximum absolute atomic E-state index is 10.7. The first kappa shape index (κ1) is 14.2. The van der Waals surface area contributed by atoms with Gasteiger partial charge in [-0.15, -0.1) is 0 Å². The lowest BCUT2D eigenvalue weighted by Gasteiger charge is -2.25. The van der Waals surface area contributed by atoms with Crippen molar-refractivity contribution in [2.45, 2.75) is 25.4 Å². The summed E-state index contributed by atoms with van der Waals surface area (Å²) in [5, 5.41) is 33.1. The Hall–Kier alpha value is -2.46. The number of aromatic hydroxyl groups is 3. The number of phenolic OH excluding ortho intramolecular Hbond substituents is 3. The van der Waals surface area contributed by atoms with Gasteiger partial charge in [-0.05, 0) is 60.7 Å². The smallest absolute Gasteiger partial charge is 0.131 e. The van der Waals surface area contributed by atoms with Gasteiger partial charge >= 0.3 is 0 Å². The van der Waals surface area contributed by atoms with Crippen LogP contribution in [0.4, 0.5) is 0 Å². The van der Waals surface area contributed by atoms with Crippen molar-refractivity contribution in [1.29, 1.82) is 0 Å². The Morgan fingerprint density at radius 1 is 0.913 bits per heavy atom. The molecule has 23 heavy (non-hydrogen) atoms. The van der Waals surface area contributed by atoms with E-state index < -0.39 is 0 Å². The molecule has 0 amide bonds. The summed E-state index contributed by atoms with van der Waals surface area (Å²) in [6.07, 6.45) is 2.96. The summed E-state index contributed by atoms with van der Waals surface area (Å²) in [4.78, 5) is 0. The van der Waals surface area contributed by atoms with E-state index in [4.69, 9.17) is 4.74 Å². The van der Waals surface area contributed by atoms with Crippen molar-refractivity contribution >= 4 is 21.5 Å². The van der Waals surface area contributed by atoms with Gasteiger partial charge in [0.15, 0.2) is 0 Å². The van der Waals surface area contributed by atoms with Gasteiger partial charge in [-0.1, -0.05) is 0 Å². The van der Waals surface area contributed by atoms with Gasteiger partial charge in [0.25, 0.3) is 0 Å². The minimum atomic E-state index is 0.0280. The van der Waals surface area contributed by atoms with E-state index in [0.29, 0.717) is 21.5 Å². The van der Waals surface area contributed by atoms with Crippen molar-refractivity contribution < 1.29 is 20.1 Å². The van der Waals surface area contributed by atoms with Gasteiger partial charge in [-0.3, -0.25) is 0 Å². The molecule has 1 unspecified atom stereocenters. The predicted molar refractivity (Wildman–Crippen MR) is 89.1 cm³/mol. The second-order valence-electron chi connectivity index (χ2n) is 6.14. The second kappa shape index (κ2) is 5.03. The lowest BCUT2D eigenvalue weighted by Crippen LogP contribution is -2.11. The number of phenols is 3. The van der Waals surface area contributed by atoms with Gasteiger partial charge < -0.3 is 20.1 Å². The van der Waals surface area contributed by atoms with Gasteiger partial charge in [-0.2, -0.15) is 0 Å². The third-order valence-electron chi connectivity index (χ3n) is 4.85. The normalized spacial score (nSPS) is 17.5. The topological polar surface area (TPSA) is 69.9 Å². The van der Waals surface area contributed by atoms with Crippen LogP contribution in [0, 0.1) is 0 Å². The molecule has 1 aliphatic rings. The first-order valence-corrected chi connectivity index (χ1v) is 7.76. The summed E-state index contributed by atoms with van der Waals surface area (Å²) in [7, 11) is 1.70. The molecule has 4 rings (SSSR count). The van der Waals surface area contributed by atoms with Crippen molar-refractivity contribution in [3.63, 3.8) is 0 Å². The molecule has 3 aromatic rings. The summed E-state index contributed by atoms with van der Waals surface area (Å²) < 4.78 is 5.56. The van der Waals surface area contributed by atoms with Crippen LogP contribution in [0.15, 0.2) is 30.3 Å². The van der Waals surface area contributed by atoms with E-state index in [2.05, 4.69) is 0 Å². The second-order valence-corrected chi connectivity index (χ2v) is 6.14. The Bertz CT molecular complexity index is 930. The number of methoxy groups -OCH3 is 1. The average molecular weight is 310 g/mol. The quantitative estimate of drug-likeness (QED) is 0.467. The van der Waals surface area contributed by atoms with E-state index in [1.807, 2.05) is 12.1 Å². The Labute approximate surface area is 133 Å². The van der Waals surface area contributed by atoms with Gasteiger partial charge in [-0.25, -0.2) is 0 Å². The van der Waals surface area contributed by atoms with Crippen LogP contribution in [0.2, 0.25) is 0 Å². The number of fused-ring (bicyclic) bond motifs is 3. The van der Waals surface area contributed by atoms with Crippen molar-refractivity contribution in [2.75, 3.05) is 7.11 Å². The molecule has 3 N–H and O–H groups in total. The fourth-order valence-electron chi connectivity index (χ4n) is 3.67. The fourth-order valence-corrected chi connectivity index (χ4v) is 3.67. The molecule has 0 saturated carbocycles. The van der Waals surface area contributed by atoms with Crippen molar-refractivity contribution in [3.05, 3.63) is 41.5 Å². The molecule has 0 saturated heterocycles. The highest BCUT2D eigenvalue weighted by Gasteiger charge is 2.23. The van der Waals surface area contributed by atoms with Gasteiger partial charge in [0, 0.05) is 28.7 Å². The summed E-state index contributed by atoms with van der Waals surface area (Å²) in [5.41, 5.74) is 2.23. The Balaban J connectivity index is 2.11. The Kier molecular flexibility index (Phi) is 3.10. The first-order chi connectivity index (χ1) is 11.1. The third-order valence-corrected chi connectivity index (χ3v) is 4.85. The van der Waals surface area contributed by atoms with Crippen molar-refractivity contribution in [2.24, 2.45) is 0 Å². The number of ether oxygens (including phenoxy) is 1. The largest absolute Gasteiger partial charge is 0.508 e. The van der Waals surface area contributed by atoms with E-state index in [1.54, 1.807) is 13.2 Å². The lowest BCUT2D eigenvalue weighted by atomic mass is 9.86. The maximum atomic E-state index is 10.7. The number of hydrogen-bond donors (Lipinski definition) is 3. The number of benzene rings is 3. The minimum absolute atomic E-state index is 0.0280. The number of aryl methyl sites for hydroxylation is 1. The SMILES string of the molecule is COC1CCCc2cc3c(O)c4cc(O)ccc4c(O)c3cc21. The first-order valence-electron chi connectivity index (χ1n) is 7.76. The molecule has 0 aliphatic heterocycles. The summed E-state index contributed by atoms with van der Waals surface area (Å²) >= 11 is 0. The van der Waals surface area contributed by atoms with Crippen LogP contribution in [0.1, 0.15) is 30.1 Å². The standard InChI is InChI=1S/C19H18O4/c1-23-17-4-2-3-10-7-14-16(9-13(10)17)18(21)12-6-5-11(20)8-15(12)19(14)22/h5-9,17,20-22H,2-4H2,1H3. The van der Waals surface area contributed by atoms with Crippen LogP contribution in [0.25, 0.3) is 21.5 Å². The summed E-state index contributed by atoms with van der Waals surface area (Å²) in [6, 6.07) is 8.46. The molecule has 0 spiro atoms. The highest BCUT2D eigenvalue weighted by atomic mass is 16.5. The molecule has 0 bridgehead atoms. The van der Waals surface area contributed by atoms with E-state index in [1.165, 1.54) is 12.1 Å². The van der Waals surface area contributed by atoms with Crippen LogP contribution in [0.3, 0.4) is 0 Å². The van der Waals surface area contributed by atoms with E-state index in [9.17, 15) is 15.3 Å². The zero-order valence-electron chi connectivity index (χ0n) is 12.8. The molecule has 0 aromatic heterocycles. The Morgan fingerprint density at radius 2 is 1.61 bits per heavy atom. The average Bonchev–Trinajstić information content (AvgIpc) is 2.57. The van der Waals surface area contributed by atoms with E-state index >= 15 is 0 Å². The van der Waals surface area contributed by atoms with Crippen molar-refractivity contribution in [1.82, 2.24) is 0 Å². The molecular weight excluding hydrogens is 292 g/mol. The van der Waals surface area contributed by atoms with Crippen LogP contribution in [-0.4, -0.2) is 22.4 Å². The molecule has 3 aromatic carbocycles. The Morgan fingerprint density at radius 3 is 2.39 bits per heavy atom. The van der Waals surface area contributed by atoms with E-state index in [0.717, 1.165) is 30.4 Å². The van der Waals surface area contributed by atoms with Crippen LogP contribution in [0.5, 0.6) is 17.2 Å². The van der Waals surface area contributed by atoms with Gasteiger partial charge in [0.2, 0.25) is 0 Å². The minimum Gasteiger partial charge on any atom is -0.508 e. The molecular formula is C19H18O4. The number of hydrogen-bond acceptors (Lipinski definition) is 4. The maximum Gasteiger partial charge on any atom is 0.131 e. The molecule has 0 radical (unpaired) electrons. The van der Waals surface area contributed by atoms with E-state index in [-0.39, 0.29) is 23.4 Å². The van der Waals surface area contributed by atoms with Crippen LogP contribution >= 0.6 is 0 Å². The molecule has 118 valence electrons.